The van der Waals surface area contributed by atoms with Crippen molar-refractivity contribution < 1.29 is 0 Å². The Kier molecular flexibility index (Phi) is 4.09. The van der Waals surface area contributed by atoms with Crippen LogP contribution in [0.25, 0.3) is 0 Å². The van der Waals surface area contributed by atoms with Gasteiger partial charge in [0.2, 0.25) is 0 Å². The number of hydrogen-bond acceptors (Lipinski definition) is 3. The first kappa shape index (κ1) is 12.0. The Hall–Kier alpha value is -1.09. The van der Waals surface area contributed by atoms with Crippen molar-refractivity contribution in [1.29, 1.82) is 0 Å². The van der Waals surface area contributed by atoms with Gasteiger partial charge in [0.15, 0.2) is 0 Å². The normalized spacial score (nSPS) is 12.6. The fourth-order valence-corrected chi connectivity index (χ4v) is 1.25. The van der Waals surface area contributed by atoms with Crippen molar-refractivity contribution in [2.75, 3.05) is 5.32 Å². The van der Waals surface area contributed by atoms with Crippen LogP contribution in [0, 0.1) is 0 Å². The minimum absolute atomic E-state index is 0.163. The summed E-state index contributed by atoms with van der Waals surface area (Å²) in [5.41, 5.74) is 0. The predicted molar refractivity (Wildman–Crippen MR) is 64.4 cm³/mol. The van der Waals surface area contributed by atoms with Crippen molar-refractivity contribution in [3.8, 4) is 0 Å². The number of hydrogen-bond donors (Lipinski definition) is 1. The molecule has 0 radical (unpaired) electrons. The van der Waals surface area contributed by atoms with Crippen LogP contribution in [0.15, 0.2) is 18.7 Å². The van der Waals surface area contributed by atoms with E-state index in [4.69, 9.17) is 11.6 Å². The van der Waals surface area contributed by atoms with Crippen molar-refractivity contribution in [2.45, 2.75) is 32.7 Å². The molecule has 0 fully saturated rings. The summed E-state index contributed by atoms with van der Waals surface area (Å²) in [6, 6.07) is 1.88. The van der Waals surface area contributed by atoms with Gasteiger partial charge in [0.05, 0.1) is 0 Å². The van der Waals surface area contributed by atoms with E-state index in [1.807, 2.05) is 26.8 Å². The Morgan fingerprint density at radius 1 is 1.40 bits per heavy atom. The van der Waals surface area contributed by atoms with Crippen molar-refractivity contribution in [3.05, 3.63) is 29.7 Å². The zero-order valence-corrected chi connectivity index (χ0v) is 10.0. The van der Waals surface area contributed by atoms with Gasteiger partial charge in [-0.05, 0) is 6.92 Å². The monoisotopic (exact) mass is 225 g/mol. The van der Waals surface area contributed by atoms with Gasteiger partial charge in [-0.2, -0.15) is 0 Å². The van der Waals surface area contributed by atoms with E-state index in [0.717, 1.165) is 11.6 Å². The summed E-state index contributed by atoms with van der Waals surface area (Å²) in [4.78, 5) is 8.52. The first-order valence-electron chi connectivity index (χ1n) is 4.96. The molecule has 0 aromatic carbocycles. The van der Waals surface area contributed by atoms with Gasteiger partial charge in [0.25, 0.3) is 0 Å². The van der Waals surface area contributed by atoms with Gasteiger partial charge in [0, 0.05) is 18.0 Å². The maximum absolute atomic E-state index is 5.90. The van der Waals surface area contributed by atoms with Gasteiger partial charge in [-0.3, -0.25) is 0 Å². The highest BCUT2D eigenvalue weighted by atomic mass is 35.5. The van der Waals surface area contributed by atoms with Crippen LogP contribution in [0.2, 0.25) is 5.15 Å². The quantitative estimate of drug-likeness (QED) is 0.632. The molecule has 82 valence electrons. The van der Waals surface area contributed by atoms with E-state index in [1.54, 1.807) is 6.07 Å². The number of aromatic nitrogens is 2. The molecule has 0 spiro atoms. The lowest BCUT2D eigenvalue weighted by atomic mass is 10.2. The summed E-state index contributed by atoms with van der Waals surface area (Å²) >= 11 is 5.90. The summed E-state index contributed by atoms with van der Waals surface area (Å²) in [7, 11) is 0. The van der Waals surface area contributed by atoms with Gasteiger partial charge >= 0.3 is 0 Å². The third-order valence-corrected chi connectivity index (χ3v) is 2.15. The topological polar surface area (TPSA) is 37.8 Å². The van der Waals surface area contributed by atoms with Crippen molar-refractivity contribution in [1.82, 2.24) is 9.97 Å². The number of anilines is 1. The summed E-state index contributed by atoms with van der Waals surface area (Å²) in [5, 5.41) is 3.64. The average Bonchev–Trinajstić information content (AvgIpc) is 2.16. The van der Waals surface area contributed by atoms with Gasteiger partial charge < -0.3 is 5.32 Å². The fourth-order valence-electron chi connectivity index (χ4n) is 1.06. The SMILES string of the molecule is C=CC(C)Nc1cc(Cl)nc(C(C)C)n1. The lowest BCUT2D eigenvalue weighted by Gasteiger charge is -2.12. The molecule has 0 aliphatic rings. The van der Waals surface area contributed by atoms with E-state index in [-0.39, 0.29) is 12.0 Å². The lowest BCUT2D eigenvalue weighted by molar-refractivity contribution is 0.772. The summed E-state index contributed by atoms with van der Waals surface area (Å²) < 4.78 is 0. The first-order valence-corrected chi connectivity index (χ1v) is 5.34. The first-order chi connectivity index (χ1) is 7.02. The van der Waals surface area contributed by atoms with Crippen molar-refractivity contribution in [3.63, 3.8) is 0 Å². The van der Waals surface area contributed by atoms with Crippen LogP contribution < -0.4 is 5.32 Å². The zero-order chi connectivity index (χ0) is 11.4. The highest BCUT2D eigenvalue weighted by Gasteiger charge is 2.07. The number of rotatable bonds is 4. The summed E-state index contributed by atoms with van der Waals surface area (Å²) in [6.45, 7) is 9.76. The van der Waals surface area contributed by atoms with Crippen LogP contribution in [-0.4, -0.2) is 16.0 Å². The van der Waals surface area contributed by atoms with Gasteiger partial charge in [-0.1, -0.05) is 31.5 Å². The molecule has 1 rings (SSSR count). The molecule has 3 nitrogen and oxygen atoms in total. The molecule has 1 unspecified atom stereocenters. The van der Waals surface area contributed by atoms with E-state index in [2.05, 4.69) is 21.9 Å². The van der Waals surface area contributed by atoms with Crippen LogP contribution in [0.1, 0.15) is 32.5 Å². The second kappa shape index (κ2) is 5.12. The van der Waals surface area contributed by atoms with Crippen LogP contribution in [0.5, 0.6) is 0 Å². The molecule has 0 saturated heterocycles. The number of nitrogens with zero attached hydrogens (tertiary/aromatic N) is 2. The molecule has 1 aromatic heterocycles. The maximum Gasteiger partial charge on any atom is 0.135 e. The van der Waals surface area contributed by atoms with Gasteiger partial charge in [-0.25, -0.2) is 9.97 Å². The minimum atomic E-state index is 0.163. The van der Waals surface area contributed by atoms with Crippen molar-refractivity contribution >= 4 is 17.4 Å². The summed E-state index contributed by atoms with van der Waals surface area (Å²) in [5.74, 6) is 1.76. The zero-order valence-electron chi connectivity index (χ0n) is 9.29. The van der Waals surface area contributed by atoms with Crippen molar-refractivity contribution in [2.24, 2.45) is 0 Å². The Morgan fingerprint density at radius 2 is 2.07 bits per heavy atom. The van der Waals surface area contributed by atoms with E-state index in [0.29, 0.717) is 5.15 Å². The highest BCUT2D eigenvalue weighted by Crippen LogP contribution is 2.17. The standard InChI is InChI=1S/C11H16ClN3/c1-5-8(4)13-10-6-9(12)14-11(15-10)7(2)3/h5-8H,1H2,2-4H3,(H,13,14,15). The third-order valence-electron chi connectivity index (χ3n) is 1.96. The molecule has 1 N–H and O–H groups in total. The minimum Gasteiger partial charge on any atom is -0.364 e. The molecule has 0 bridgehead atoms. The molecule has 0 aliphatic carbocycles. The third kappa shape index (κ3) is 3.51. The van der Waals surface area contributed by atoms with E-state index >= 15 is 0 Å². The molecular weight excluding hydrogens is 210 g/mol. The Balaban J connectivity index is 2.93. The van der Waals surface area contributed by atoms with Crippen LogP contribution in [-0.2, 0) is 0 Å². The van der Waals surface area contributed by atoms with Crippen LogP contribution >= 0.6 is 11.6 Å². The van der Waals surface area contributed by atoms with Crippen LogP contribution in [0.3, 0.4) is 0 Å². The molecule has 1 aromatic rings. The maximum atomic E-state index is 5.90. The molecule has 1 atom stereocenters. The molecule has 1 heterocycles. The lowest BCUT2D eigenvalue weighted by Crippen LogP contribution is -2.13. The molecule has 4 heteroatoms. The largest absolute Gasteiger partial charge is 0.364 e. The number of nitrogens with one attached hydrogen (secondary N) is 1. The van der Waals surface area contributed by atoms with Gasteiger partial charge in [0.1, 0.15) is 16.8 Å². The second-order valence-electron chi connectivity index (χ2n) is 3.76. The predicted octanol–water partition coefficient (Wildman–Crippen LogP) is 3.24. The van der Waals surface area contributed by atoms with E-state index in [1.165, 1.54) is 0 Å². The Morgan fingerprint density at radius 3 is 2.60 bits per heavy atom. The van der Waals surface area contributed by atoms with E-state index < -0.39 is 0 Å². The fraction of sp³-hybridized carbons (Fsp3) is 0.455. The van der Waals surface area contributed by atoms with Gasteiger partial charge in [-0.15, -0.1) is 6.58 Å². The Labute approximate surface area is 95.6 Å². The molecule has 0 aliphatic heterocycles. The molecule has 15 heavy (non-hydrogen) atoms. The second-order valence-corrected chi connectivity index (χ2v) is 4.14. The molecule has 0 amide bonds. The van der Waals surface area contributed by atoms with E-state index in [9.17, 15) is 0 Å². The molecular formula is C11H16ClN3. The van der Waals surface area contributed by atoms with Crippen LogP contribution in [0.4, 0.5) is 5.82 Å². The highest BCUT2D eigenvalue weighted by molar-refractivity contribution is 6.29. The summed E-state index contributed by atoms with van der Waals surface area (Å²) in [6.07, 6.45) is 1.81. The number of halogens is 1. The average molecular weight is 226 g/mol. The molecule has 0 saturated carbocycles. The smallest absolute Gasteiger partial charge is 0.135 e. The Bertz CT molecular complexity index is 350.